The molecule has 1 saturated heterocycles. The summed E-state index contributed by atoms with van der Waals surface area (Å²) < 4.78 is 12.5. The molecule has 0 saturated carbocycles. The van der Waals surface area contributed by atoms with Crippen LogP contribution in [0.15, 0.2) is 84.9 Å². The highest BCUT2D eigenvalue weighted by Crippen LogP contribution is 2.32. The van der Waals surface area contributed by atoms with Crippen molar-refractivity contribution in [3.05, 3.63) is 102 Å². The van der Waals surface area contributed by atoms with Gasteiger partial charge in [0.15, 0.2) is 0 Å². The van der Waals surface area contributed by atoms with Crippen LogP contribution in [0.25, 0.3) is 16.9 Å². The van der Waals surface area contributed by atoms with Gasteiger partial charge in [-0.15, -0.1) is 0 Å². The Morgan fingerprint density at radius 3 is 2.19 bits per heavy atom. The van der Waals surface area contributed by atoms with Crippen LogP contribution in [0.2, 0.25) is 0 Å². The van der Waals surface area contributed by atoms with E-state index in [1.807, 2.05) is 67.6 Å². The van der Waals surface area contributed by atoms with Gasteiger partial charge in [0.1, 0.15) is 5.75 Å². The molecule has 5 rings (SSSR count). The van der Waals surface area contributed by atoms with Gasteiger partial charge >= 0.3 is 12.0 Å². The van der Waals surface area contributed by atoms with Crippen LogP contribution in [0.5, 0.6) is 5.75 Å². The fraction of sp³-hybridized carbons (Fsp3) is 0.242. The summed E-state index contributed by atoms with van der Waals surface area (Å²) in [6.45, 7) is 5.64. The lowest BCUT2D eigenvalue weighted by atomic mass is 10.1. The number of para-hydroxylation sites is 1. The molecular weight excluding hydrogens is 532 g/mol. The number of hydrogen-bond donors (Lipinski definition) is 1. The topological polar surface area (TPSA) is 93.1 Å². The molecule has 0 unspecified atom stereocenters. The first-order valence-electron chi connectivity index (χ1n) is 13.9. The first-order valence-corrected chi connectivity index (χ1v) is 13.9. The van der Waals surface area contributed by atoms with E-state index in [1.165, 1.54) is 0 Å². The third-order valence-electron chi connectivity index (χ3n) is 7.36. The summed E-state index contributed by atoms with van der Waals surface area (Å²) in [7, 11) is 1.64. The number of methoxy groups -OCH3 is 1. The average molecular weight is 567 g/mol. The number of esters is 1. The molecule has 4 aromatic rings. The Morgan fingerprint density at radius 2 is 1.52 bits per heavy atom. The summed E-state index contributed by atoms with van der Waals surface area (Å²) in [6.07, 6.45) is 0. The molecule has 9 nitrogen and oxygen atoms in total. The minimum atomic E-state index is -0.402. The SMILES string of the molecule is CCOC(=O)c1ccc(NC(=O)N2CCN(C(=O)c3cc(-c4cccc(OC)c4)n(-c4ccccc4)c3C)CC2)cc1. The van der Waals surface area contributed by atoms with E-state index in [2.05, 4.69) is 9.88 Å². The molecule has 0 spiro atoms. The zero-order chi connectivity index (χ0) is 29.6. The van der Waals surface area contributed by atoms with Gasteiger partial charge in [0.25, 0.3) is 5.91 Å². The molecule has 1 fully saturated rings. The van der Waals surface area contributed by atoms with Crippen molar-refractivity contribution in [3.8, 4) is 22.7 Å². The monoisotopic (exact) mass is 566 g/mol. The van der Waals surface area contributed by atoms with Crippen LogP contribution in [0.1, 0.15) is 33.3 Å². The number of carbonyl (C=O) groups excluding carboxylic acids is 3. The Morgan fingerprint density at radius 1 is 0.833 bits per heavy atom. The van der Waals surface area contributed by atoms with Gasteiger partial charge in [-0.1, -0.05) is 30.3 Å². The molecule has 9 heteroatoms. The van der Waals surface area contributed by atoms with Gasteiger partial charge in [0, 0.05) is 48.8 Å². The first kappa shape index (κ1) is 28.5. The second-order valence-electron chi connectivity index (χ2n) is 9.94. The van der Waals surface area contributed by atoms with E-state index >= 15 is 0 Å². The average Bonchev–Trinajstić information content (AvgIpc) is 3.38. The number of piperazine rings is 1. The van der Waals surface area contributed by atoms with Crippen molar-refractivity contribution >= 4 is 23.6 Å². The van der Waals surface area contributed by atoms with E-state index in [0.29, 0.717) is 49.6 Å². The Balaban J connectivity index is 1.29. The number of benzene rings is 3. The largest absolute Gasteiger partial charge is 0.497 e. The smallest absolute Gasteiger partial charge is 0.338 e. The number of aromatic nitrogens is 1. The zero-order valence-corrected chi connectivity index (χ0v) is 24.0. The molecule has 3 aromatic carbocycles. The van der Waals surface area contributed by atoms with Gasteiger partial charge in [-0.05, 0) is 68.4 Å². The van der Waals surface area contributed by atoms with Crippen LogP contribution in [0.4, 0.5) is 10.5 Å². The van der Waals surface area contributed by atoms with Crippen LogP contribution in [-0.2, 0) is 4.74 Å². The quantitative estimate of drug-likeness (QED) is 0.293. The van der Waals surface area contributed by atoms with Crippen LogP contribution in [-0.4, -0.2) is 72.2 Å². The molecule has 2 heterocycles. The van der Waals surface area contributed by atoms with E-state index in [-0.39, 0.29) is 11.9 Å². The Hall–Kier alpha value is -5.05. The maximum Gasteiger partial charge on any atom is 0.338 e. The lowest BCUT2D eigenvalue weighted by Gasteiger charge is -2.34. The van der Waals surface area contributed by atoms with Crippen molar-refractivity contribution in [2.24, 2.45) is 0 Å². The van der Waals surface area contributed by atoms with E-state index in [9.17, 15) is 14.4 Å². The predicted molar refractivity (Wildman–Crippen MR) is 161 cm³/mol. The third-order valence-corrected chi connectivity index (χ3v) is 7.36. The second-order valence-corrected chi connectivity index (χ2v) is 9.94. The number of urea groups is 1. The van der Waals surface area contributed by atoms with Gasteiger partial charge in [0.05, 0.1) is 30.5 Å². The summed E-state index contributed by atoms with van der Waals surface area (Å²) in [6, 6.07) is 26.0. The van der Waals surface area contributed by atoms with Gasteiger partial charge in [-0.2, -0.15) is 0 Å². The maximum atomic E-state index is 13.8. The lowest BCUT2D eigenvalue weighted by Crippen LogP contribution is -2.51. The molecule has 0 radical (unpaired) electrons. The number of hydrogen-bond acceptors (Lipinski definition) is 5. The van der Waals surface area contributed by atoms with Gasteiger partial charge < -0.3 is 29.2 Å². The normalized spacial score (nSPS) is 13.0. The Labute approximate surface area is 245 Å². The van der Waals surface area contributed by atoms with Crippen LogP contribution < -0.4 is 10.1 Å². The highest BCUT2D eigenvalue weighted by atomic mass is 16.5. The molecule has 1 N–H and O–H groups in total. The number of nitrogens with one attached hydrogen (secondary N) is 1. The summed E-state index contributed by atoms with van der Waals surface area (Å²) in [4.78, 5) is 42.1. The molecule has 3 amide bonds. The number of ether oxygens (including phenoxy) is 2. The minimum absolute atomic E-state index is 0.0686. The highest BCUT2D eigenvalue weighted by Gasteiger charge is 2.28. The van der Waals surface area contributed by atoms with Crippen molar-refractivity contribution in [1.82, 2.24) is 14.4 Å². The second kappa shape index (κ2) is 12.6. The van der Waals surface area contributed by atoms with Crippen LogP contribution in [0.3, 0.4) is 0 Å². The van der Waals surface area contributed by atoms with Crippen LogP contribution >= 0.6 is 0 Å². The third kappa shape index (κ3) is 6.00. The molecule has 0 atom stereocenters. The number of carbonyl (C=O) groups is 3. The van der Waals surface area contributed by atoms with E-state index in [0.717, 1.165) is 28.4 Å². The van der Waals surface area contributed by atoms with Crippen molar-refractivity contribution in [2.75, 3.05) is 45.2 Å². The Bertz CT molecular complexity index is 1570. The van der Waals surface area contributed by atoms with Gasteiger partial charge in [-0.3, -0.25) is 4.79 Å². The zero-order valence-electron chi connectivity index (χ0n) is 24.0. The fourth-order valence-corrected chi connectivity index (χ4v) is 5.12. The summed E-state index contributed by atoms with van der Waals surface area (Å²) in [5.74, 6) is 0.269. The molecule has 1 aliphatic heterocycles. The van der Waals surface area contributed by atoms with Crippen molar-refractivity contribution in [2.45, 2.75) is 13.8 Å². The number of rotatable bonds is 7. The Kier molecular flexibility index (Phi) is 8.57. The van der Waals surface area contributed by atoms with Crippen LogP contribution in [0, 0.1) is 6.92 Å². The highest BCUT2D eigenvalue weighted by molar-refractivity contribution is 5.98. The first-order chi connectivity index (χ1) is 20.4. The number of anilines is 1. The summed E-state index contributed by atoms with van der Waals surface area (Å²) >= 11 is 0. The molecule has 0 bridgehead atoms. The fourth-order valence-electron chi connectivity index (χ4n) is 5.12. The minimum Gasteiger partial charge on any atom is -0.497 e. The predicted octanol–water partition coefficient (Wildman–Crippen LogP) is 5.63. The summed E-state index contributed by atoms with van der Waals surface area (Å²) in [5.41, 5.74) is 5.27. The van der Waals surface area contributed by atoms with Gasteiger partial charge in [-0.25, -0.2) is 9.59 Å². The van der Waals surface area contributed by atoms with Crippen molar-refractivity contribution < 1.29 is 23.9 Å². The maximum absolute atomic E-state index is 13.8. The lowest BCUT2D eigenvalue weighted by molar-refractivity contribution is 0.0526. The van der Waals surface area contributed by atoms with E-state index in [4.69, 9.17) is 9.47 Å². The number of amides is 3. The standard InChI is InChI=1S/C33H34N4O5/c1-4-42-32(39)24-13-15-26(16-14-24)34-33(40)36-19-17-35(18-20-36)31(38)29-22-30(25-9-8-12-28(21-25)41-3)37(23(29)2)27-10-6-5-7-11-27/h5-16,21-22H,4,17-20H2,1-3H3,(H,34,40). The van der Waals surface area contributed by atoms with E-state index < -0.39 is 5.97 Å². The van der Waals surface area contributed by atoms with Crippen molar-refractivity contribution in [3.63, 3.8) is 0 Å². The summed E-state index contributed by atoms with van der Waals surface area (Å²) in [5, 5.41) is 2.87. The molecule has 42 heavy (non-hydrogen) atoms. The molecule has 1 aliphatic rings. The number of nitrogens with zero attached hydrogens (tertiary/aromatic N) is 3. The van der Waals surface area contributed by atoms with Crippen molar-refractivity contribution in [1.29, 1.82) is 0 Å². The molecular formula is C33H34N4O5. The molecule has 216 valence electrons. The van der Waals surface area contributed by atoms with E-state index in [1.54, 1.807) is 48.1 Å². The van der Waals surface area contributed by atoms with Gasteiger partial charge in [0.2, 0.25) is 0 Å². The molecule has 1 aromatic heterocycles. The molecule has 0 aliphatic carbocycles.